The maximum Gasteiger partial charge on any atom is 0.248 e. The van der Waals surface area contributed by atoms with Crippen molar-refractivity contribution in [1.29, 1.82) is 0 Å². The molecule has 0 aliphatic heterocycles. The van der Waals surface area contributed by atoms with Crippen molar-refractivity contribution in [2.24, 2.45) is 4.99 Å². The highest BCUT2D eigenvalue weighted by Crippen LogP contribution is 2.17. The Morgan fingerprint density at radius 3 is 2.75 bits per heavy atom. The molecule has 8 heteroatoms. The van der Waals surface area contributed by atoms with Crippen LogP contribution in [0.1, 0.15) is 24.2 Å². The largest absolute Gasteiger partial charge is 0.496 e. The minimum absolute atomic E-state index is 0. The van der Waals surface area contributed by atoms with Crippen molar-refractivity contribution in [2.75, 3.05) is 20.2 Å². The van der Waals surface area contributed by atoms with Crippen molar-refractivity contribution in [2.45, 2.75) is 26.8 Å². The minimum atomic E-state index is 0. The summed E-state index contributed by atoms with van der Waals surface area (Å²) in [6.45, 7) is 5.69. The van der Waals surface area contributed by atoms with Gasteiger partial charge in [0.05, 0.1) is 7.11 Å². The molecule has 0 amide bonds. The maximum atomic E-state index is 5.36. The van der Waals surface area contributed by atoms with Crippen LogP contribution in [-0.2, 0) is 13.0 Å². The molecule has 1 aromatic carbocycles. The van der Waals surface area contributed by atoms with Crippen molar-refractivity contribution in [3.63, 3.8) is 0 Å². The molecule has 0 aliphatic rings. The average molecular weight is 445 g/mol. The number of aryl methyl sites for hydroxylation is 1. The molecule has 2 N–H and O–H groups in total. The Morgan fingerprint density at radius 1 is 1.29 bits per heavy atom. The number of hydrogen-bond acceptors (Lipinski definition) is 5. The summed E-state index contributed by atoms with van der Waals surface area (Å²) in [5.74, 6) is 2.74. The van der Waals surface area contributed by atoms with Crippen LogP contribution in [-0.4, -0.2) is 36.3 Å². The Bertz CT molecular complexity index is 645. The molecule has 2 rings (SSSR count). The Hall–Kier alpha value is -1.84. The van der Waals surface area contributed by atoms with Gasteiger partial charge in [-0.05, 0) is 31.9 Å². The number of methoxy groups -OCH3 is 1. The second-order valence-electron chi connectivity index (χ2n) is 4.92. The van der Waals surface area contributed by atoms with Gasteiger partial charge in [-0.1, -0.05) is 23.4 Å². The number of aliphatic imine (C=N–C) groups is 1. The van der Waals surface area contributed by atoms with E-state index in [1.807, 2.05) is 25.1 Å². The SMILES string of the molecule is CCNC(=NCc1nc(C)no1)NCCc1ccccc1OC.I. The number of nitrogens with one attached hydrogen (secondary N) is 2. The number of rotatable bonds is 7. The van der Waals surface area contributed by atoms with Crippen LogP contribution in [0.2, 0.25) is 0 Å². The monoisotopic (exact) mass is 445 g/mol. The lowest BCUT2D eigenvalue weighted by Gasteiger charge is -2.12. The zero-order chi connectivity index (χ0) is 16.5. The summed E-state index contributed by atoms with van der Waals surface area (Å²) in [6, 6.07) is 8.00. The molecular formula is C16H24IN5O2. The van der Waals surface area contributed by atoms with Crippen LogP contribution in [0.4, 0.5) is 0 Å². The Balaban J connectivity index is 0.00000288. The third-order valence-electron chi connectivity index (χ3n) is 3.17. The predicted molar refractivity (Wildman–Crippen MR) is 104 cm³/mol. The fourth-order valence-corrected chi connectivity index (χ4v) is 2.12. The van der Waals surface area contributed by atoms with Crippen molar-refractivity contribution in [3.8, 4) is 5.75 Å². The summed E-state index contributed by atoms with van der Waals surface area (Å²) >= 11 is 0. The number of para-hydroxylation sites is 1. The van der Waals surface area contributed by atoms with Crippen molar-refractivity contribution in [1.82, 2.24) is 20.8 Å². The van der Waals surface area contributed by atoms with E-state index < -0.39 is 0 Å². The van der Waals surface area contributed by atoms with E-state index in [1.165, 1.54) is 0 Å². The molecule has 1 aromatic heterocycles. The molecule has 0 saturated heterocycles. The number of nitrogens with zero attached hydrogens (tertiary/aromatic N) is 3. The van der Waals surface area contributed by atoms with E-state index in [4.69, 9.17) is 9.26 Å². The molecule has 24 heavy (non-hydrogen) atoms. The quantitative estimate of drug-likeness (QED) is 0.387. The molecule has 0 spiro atoms. The zero-order valence-corrected chi connectivity index (χ0v) is 16.5. The number of halogens is 1. The van der Waals surface area contributed by atoms with Gasteiger partial charge in [-0.2, -0.15) is 4.98 Å². The van der Waals surface area contributed by atoms with E-state index in [0.29, 0.717) is 18.3 Å². The molecule has 0 atom stereocenters. The lowest BCUT2D eigenvalue weighted by molar-refractivity contribution is 0.376. The fraction of sp³-hybridized carbons (Fsp3) is 0.438. The number of guanidine groups is 1. The molecule has 2 aromatic rings. The first kappa shape index (κ1) is 20.2. The summed E-state index contributed by atoms with van der Waals surface area (Å²) in [7, 11) is 1.68. The normalized spacial score (nSPS) is 10.9. The van der Waals surface area contributed by atoms with Crippen molar-refractivity contribution >= 4 is 29.9 Å². The first-order valence-electron chi connectivity index (χ1n) is 7.66. The Morgan fingerprint density at radius 2 is 2.08 bits per heavy atom. The standard InChI is InChI=1S/C16H23N5O2.HI/c1-4-17-16(19-11-15-20-12(2)21-23-15)18-10-9-13-7-5-6-8-14(13)22-3;/h5-8H,4,9-11H2,1-3H3,(H2,17,18,19);1H. The molecule has 1 heterocycles. The van der Waals surface area contributed by atoms with Gasteiger partial charge in [0.1, 0.15) is 12.3 Å². The summed E-state index contributed by atoms with van der Waals surface area (Å²) in [6.07, 6.45) is 0.841. The van der Waals surface area contributed by atoms with Crippen LogP contribution in [0.15, 0.2) is 33.8 Å². The van der Waals surface area contributed by atoms with E-state index in [9.17, 15) is 0 Å². The van der Waals surface area contributed by atoms with Gasteiger partial charge >= 0.3 is 0 Å². The van der Waals surface area contributed by atoms with Gasteiger partial charge in [0.2, 0.25) is 5.89 Å². The second-order valence-corrected chi connectivity index (χ2v) is 4.92. The highest BCUT2D eigenvalue weighted by molar-refractivity contribution is 14.0. The molecule has 0 bridgehead atoms. The lowest BCUT2D eigenvalue weighted by atomic mass is 10.1. The van der Waals surface area contributed by atoms with Crippen LogP contribution in [0, 0.1) is 6.92 Å². The van der Waals surface area contributed by atoms with Crippen molar-refractivity contribution < 1.29 is 9.26 Å². The number of aromatic nitrogens is 2. The van der Waals surface area contributed by atoms with Crippen LogP contribution in [0.25, 0.3) is 0 Å². The third kappa shape index (κ3) is 6.34. The molecule has 0 unspecified atom stereocenters. The van der Waals surface area contributed by atoms with E-state index >= 15 is 0 Å². The zero-order valence-electron chi connectivity index (χ0n) is 14.2. The maximum absolute atomic E-state index is 5.36. The fourth-order valence-electron chi connectivity index (χ4n) is 2.12. The van der Waals surface area contributed by atoms with Crippen molar-refractivity contribution in [3.05, 3.63) is 41.5 Å². The average Bonchev–Trinajstić information content (AvgIpc) is 2.98. The minimum Gasteiger partial charge on any atom is -0.496 e. The Labute approximate surface area is 159 Å². The first-order valence-corrected chi connectivity index (χ1v) is 7.66. The van der Waals surface area contributed by atoms with E-state index in [0.717, 1.165) is 36.8 Å². The van der Waals surface area contributed by atoms with Gasteiger partial charge in [0, 0.05) is 13.1 Å². The molecule has 0 fully saturated rings. The van der Waals surface area contributed by atoms with E-state index in [2.05, 4.69) is 31.8 Å². The van der Waals surface area contributed by atoms with Gasteiger partial charge in [0.15, 0.2) is 11.8 Å². The summed E-state index contributed by atoms with van der Waals surface area (Å²) in [5, 5.41) is 10.2. The van der Waals surface area contributed by atoms with Gasteiger partial charge in [-0.25, -0.2) is 4.99 Å². The molecule has 7 nitrogen and oxygen atoms in total. The van der Waals surface area contributed by atoms with Crippen LogP contribution >= 0.6 is 24.0 Å². The smallest absolute Gasteiger partial charge is 0.248 e. The van der Waals surface area contributed by atoms with Crippen LogP contribution in [0.5, 0.6) is 5.75 Å². The van der Waals surface area contributed by atoms with Gasteiger partial charge in [-0.15, -0.1) is 24.0 Å². The van der Waals surface area contributed by atoms with E-state index in [-0.39, 0.29) is 24.0 Å². The predicted octanol–water partition coefficient (Wildman–Crippen LogP) is 2.30. The highest BCUT2D eigenvalue weighted by atomic mass is 127. The third-order valence-corrected chi connectivity index (χ3v) is 3.17. The molecule has 0 radical (unpaired) electrons. The van der Waals surface area contributed by atoms with E-state index in [1.54, 1.807) is 14.0 Å². The number of ether oxygens (including phenoxy) is 1. The summed E-state index contributed by atoms with van der Waals surface area (Å²) in [4.78, 5) is 8.57. The van der Waals surface area contributed by atoms with Gasteiger partial charge in [-0.3, -0.25) is 0 Å². The first-order chi connectivity index (χ1) is 11.2. The highest BCUT2D eigenvalue weighted by Gasteiger charge is 2.04. The molecular weight excluding hydrogens is 421 g/mol. The molecule has 0 aliphatic carbocycles. The van der Waals surface area contributed by atoms with Gasteiger partial charge < -0.3 is 19.9 Å². The van der Waals surface area contributed by atoms with Gasteiger partial charge in [0.25, 0.3) is 0 Å². The lowest BCUT2D eigenvalue weighted by Crippen LogP contribution is -2.38. The van der Waals surface area contributed by atoms with Crippen LogP contribution < -0.4 is 15.4 Å². The van der Waals surface area contributed by atoms with Crippen LogP contribution in [0.3, 0.4) is 0 Å². The number of hydrogen-bond donors (Lipinski definition) is 2. The molecule has 0 saturated carbocycles. The second kappa shape index (κ2) is 10.8. The Kier molecular flexibility index (Phi) is 9.13. The summed E-state index contributed by atoms with van der Waals surface area (Å²) < 4.78 is 10.4. The molecule has 132 valence electrons. The topological polar surface area (TPSA) is 84.6 Å². The number of benzene rings is 1. The summed E-state index contributed by atoms with van der Waals surface area (Å²) in [5.41, 5.74) is 1.16.